The predicted octanol–water partition coefficient (Wildman–Crippen LogP) is 4.27. The standard InChI is InChI=1S/C22H17F6N3O3/c1-11(19(29)33)31-8-7-14-15(20(31)34)3-2-4-17(14)30-18(32)9-12-5-6-13(21(23,24)25)10-16(12)22(26,27)28/h2-8,10-11H,9H2,1H3,(H2,29,33)(H,30,32). The molecule has 0 aliphatic carbocycles. The first-order valence-electron chi connectivity index (χ1n) is 9.70. The first-order chi connectivity index (χ1) is 15.7. The Morgan fingerprint density at radius 3 is 2.26 bits per heavy atom. The van der Waals surface area contributed by atoms with Crippen molar-refractivity contribution >= 4 is 28.3 Å². The highest BCUT2D eigenvalue weighted by Gasteiger charge is 2.38. The van der Waals surface area contributed by atoms with E-state index in [9.17, 15) is 40.7 Å². The van der Waals surface area contributed by atoms with Gasteiger partial charge >= 0.3 is 12.4 Å². The van der Waals surface area contributed by atoms with Crippen molar-refractivity contribution in [1.29, 1.82) is 0 Å². The van der Waals surface area contributed by atoms with Gasteiger partial charge in [-0.1, -0.05) is 12.1 Å². The molecule has 0 fully saturated rings. The number of amides is 2. The molecule has 0 aliphatic heterocycles. The lowest BCUT2D eigenvalue weighted by molar-refractivity contribution is -0.143. The van der Waals surface area contributed by atoms with Gasteiger partial charge in [0.2, 0.25) is 11.8 Å². The van der Waals surface area contributed by atoms with Gasteiger partial charge in [0.25, 0.3) is 5.56 Å². The van der Waals surface area contributed by atoms with Crippen molar-refractivity contribution in [3.8, 4) is 0 Å². The van der Waals surface area contributed by atoms with E-state index in [-0.39, 0.29) is 22.5 Å². The topological polar surface area (TPSA) is 94.2 Å². The summed E-state index contributed by atoms with van der Waals surface area (Å²) in [5.41, 5.74) is 1.04. The molecule has 2 aromatic carbocycles. The van der Waals surface area contributed by atoms with Crippen molar-refractivity contribution in [3.63, 3.8) is 0 Å². The summed E-state index contributed by atoms with van der Waals surface area (Å²) >= 11 is 0. The van der Waals surface area contributed by atoms with Gasteiger partial charge in [-0.2, -0.15) is 26.3 Å². The van der Waals surface area contributed by atoms with Crippen molar-refractivity contribution < 1.29 is 35.9 Å². The van der Waals surface area contributed by atoms with Crippen LogP contribution in [0.5, 0.6) is 0 Å². The molecule has 6 nitrogen and oxygen atoms in total. The number of halogens is 6. The van der Waals surface area contributed by atoms with Crippen molar-refractivity contribution in [2.45, 2.75) is 31.7 Å². The molecule has 1 aromatic heterocycles. The second kappa shape index (κ2) is 8.84. The number of benzene rings is 2. The normalized spacial score (nSPS) is 13.0. The van der Waals surface area contributed by atoms with Gasteiger partial charge < -0.3 is 15.6 Å². The zero-order valence-corrected chi connectivity index (χ0v) is 17.4. The van der Waals surface area contributed by atoms with Gasteiger partial charge in [0.05, 0.1) is 17.5 Å². The Labute approximate surface area is 188 Å². The molecule has 0 saturated heterocycles. The molecule has 2 amide bonds. The number of alkyl halides is 6. The van der Waals surface area contributed by atoms with Crippen molar-refractivity contribution in [3.05, 3.63) is 75.7 Å². The van der Waals surface area contributed by atoms with Gasteiger partial charge in [-0.25, -0.2) is 0 Å². The summed E-state index contributed by atoms with van der Waals surface area (Å²) in [7, 11) is 0. The highest BCUT2D eigenvalue weighted by atomic mass is 19.4. The fourth-order valence-corrected chi connectivity index (χ4v) is 3.38. The maximum atomic E-state index is 13.3. The molecule has 0 saturated carbocycles. The number of aromatic nitrogens is 1. The lowest BCUT2D eigenvalue weighted by Crippen LogP contribution is -2.31. The van der Waals surface area contributed by atoms with Crippen LogP contribution in [0.25, 0.3) is 10.8 Å². The summed E-state index contributed by atoms with van der Waals surface area (Å²) in [5, 5.41) is 2.74. The molecule has 1 atom stereocenters. The molecule has 3 aromatic rings. The van der Waals surface area contributed by atoms with E-state index in [2.05, 4.69) is 5.32 Å². The van der Waals surface area contributed by atoms with E-state index in [0.717, 1.165) is 4.57 Å². The van der Waals surface area contributed by atoms with Crippen molar-refractivity contribution in [1.82, 2.24) is 4.57 Å². The van der Waals surface area contributed by atoms with E-state index in [1.807, 2.05) is 0 Å². The summed E-state index contributed by atoms with van der Waals surface area (Å²) in [6, 6.07) is 5.76. The van der Waals surface area contributed by atoms with Crippen LogP contribution in [0, 0.1) is 0 Å². The Kier molecular flexibility index (Phi) is 6.45. The molecule has 180 valence electrons. The Bertz CT molecular complexity index is 1330. The fraction of sp³-hybridized carbons (Fsp3) is 0.227. The smallest absolute Gasteiger partial charge is 0.368 e. The number of hydrogen-bond acceptors (Lipinski definition) is 3. The Morgan fingerprint density at radius 2 is 1.68 bits per heavy atom. The Morgan fingerprint density at radius 1 is 1.00 bits per heavy atom. The minimum Gasteiger partial charge on any atom is -0.368 e. The van der Waals surface area contributed by atoms with E-state index in [1.54, 1.807) is 0 Å². The number of rotatable bonds is 5. The molecule has 34 heavy (non-hydrogen) atoms. The third-order valence-electron chi connectivity index (χ3n) is 5.17. The van der Waals surface area contributed by atoms with Gasteiger partial charge in [-0.05, 0) is 42.8 Å². The average Bonchev–Trinajstić information content (AvgIpc) is 2.72. The first-order valence-corrected chi connectivity index (χ1v) is 9.70. The highest BCUT2D eigenvalue weighted by Crippen LogP contribution is 2.37. The minimum atomic E-state index is -5.11. The molecule has 0 radical (unpaired) electrons. The zero-order chi connectivity index (χ0) is 25.4. The molecule has 0 aliphatic rings. The summed E-state index contributed by atoms with van der Waals surface area (Å²) in [5.74, 6) is -1.68. The van der Waals surface area contributed by atoms with Crippen LogP contribution in [-0.4, -0.2) is 16.4 Å². The maximum Gasteiger partial charge on any atom is 0.416 e. The number of anilines is 1. The van der Waals surface area contributed by atoms with Crippen LogP contribution < -0.4 is 16.6 Å². The van der Waals surface area contributed by atoms with Gasteiger partial charge in [-0.3, -0.25) is 14.4 Å². The second-order valence-electron chi connectivity index (χ2n) is 7.47. The zero-order valence-electron chi connectivity index (χ0n) is 17.4. The van der Waals surface area contributed by atoms with Crippen LogP contribution >= 0.6 is 0 Å². The average molecular weight is 485 g/mol. The summed E-state index contributed by atoms with van der Waals surface area (Å²) in [6.45, 7) is 1.42. The number of hydrogen-bond donors (Lipinski definition) is 2. The number of nitrogens with one attached hydrogen (secondary N) is 1. The summed E-state index contributed by atoms with van der Waals surface area (Å²) in [6.07, 6.45) is -9.67. The van der Waals surface area contributed by atoms with Crippen molar-refractivity contribution in [2.24, 2.45) is 5.73 Å². The minimum absolute atomic E-state index is 0.0388. The van der Waals surface area contributed by atoms with Crippen LogP contribution in [-0.2, 0) is 28.4 Å². The molecule has 0 spiro atoms. The molecule has 1 heterocycles. The molecular weight excluding hydrogens is 468 g/mol. The predicted molar refractivity (Wildman–Crippen MR) is 111 cm³/mol. The SMILES string of the molecule is CC(C(N)=O)n1ccc2c(NC(=O)Cc3ccc(C(F)(F)F)cc3C(F)(F)F)cccc2c1=O. The van der Waals surface area contributed by atoms with E-state index in [1.165, 1.54) is 37.4 Å². The summed E-state index contributed by atoms with van der Waals surface area (Å²) in [4.78, 5) is 36.6. The molecular formula is C22H17F6N3O3. The molecule has 3 rings (SSSR count). The quantitative estimate of drug-likeness (QED) is 0.529. The fourth-order valence-electron chi connectivity index (χ4n) is 3.38. The Balaban J connectivity index is 1.94. The first kappa shape index (κ1) is 24.8. The lowest BCUT2D eigenvalue weighted by Gasteiger charge is -2.16. The van der Waals surface area contributed by atoms with E-state index < -0.39 is 58.9 Å². The third kappa shape index (κ3) is 5.05. The number of carbonyl (C=O) groups is 2. The van der Waals surface area contributed by atoms with Gasteiger partial charge in [0.1, 0.15) is 6.04 Å². The monoisotopic (exact) mass is 485 g/mol. The van der Waals surface area contributed by atoms with Gasteiger partial charge in [-0.15, -0.1) is 0 Å². The van der Waals surface area contributed by atoms with Crippen LogP contribution in [0.1, 0.15) is 29.7 Å². The number of carbonyl (C=O) groups excluding carboxylic acids is 2. The Hall–Kier alpha value is -3.83. The lowest BCUT2D eigenvalue weighted by atomic mass is 10.00. The van der Waals surface area contributed by atoms with Crippen LogP contribution in [0.2, 0.25) is 0 Å². The van der Waals surface area contributed by atoms with E-state index in [0.29, 0.717) is 12.1 Å². The van der Waals surface area contributed by atoms with Gasteiger partial charge in [0.15, 0.2) is 0 Å². The van der Waals surface area contributed by atoms with Crippen LogP contribution in [0.3, 0.4) is 0 Å². The van der Waals surface area contributed by atoms with E-state index >= 15 is 0 Å². The largest absolute Gasteiger partial charge is 0.416 e. The van der Waals surface area contributed by atoms with Crippen LogP contribution in [0.4, 0.5) is 32.0 Å². The van der Waals surface area contributed by atoms with Crippen LogP contribution in [0.15, 0.2) is 53.5 Å². The number of fused-ring (bicyclic) bond motifs is 1. The number of nitrogens with two attached hydrogens (primary N) is 1. The number of pyridine rings is 1. The molecule has 0 bridgehead atoms. The highest BCUT2D eigenvalue weighted by molar-refractivity contribution is 6.02. The summed E-state index contributed by atoms with van der Waals surface area (Å²) < 4.78 is 79.6. The molecule has 3 N–H and O–H groups in total. The van der Waals surface area contributed by atoms with Gasteiger partial charge in [0, 0.05) is 22.7 Å². The third-order valence-corrected chi connectivity index (χ3v) is 5.17. The molecule has 12 heteroatoms. The van der Waals surface area contributed by atoms with E-state index in [4.69, 9.17) is 5.73 Å². The number of nitrogens with zero attached hydrogens (tertiary/aromatic N) is 1. The van der Waals surface area contributed by atoms with Crippen molar-refractivity contribution in [2.75, 3.05) is 5.32 Å². The maximum absolute atomic E-state index is 13.3. The molecule has 1 unspecified atom stereocenters. The number of primary amides is 1. The second-order valence-corrected chi connectivity index (χ2v) is 7.47.